The molecular formula is C16H28N4O2. The zero-order valence-corrected chi connectivity index (χ0v) is 14.1. The molecule has 2 atom stereocenters. The minimum absolute atomic E-state index is 0.000376. The normalized spacial score (nSPS) is 16.6. The number of nitrogens with one attached hydrogen (secondary N) is 1. The summed E-state index contributed by atoms with van der Waals surface area (Å²) in [6.07, 6.45) is 3.69. The van der Waals surface area contributed by atoms with E-state index < -0.39 is 0 Å². The maximum atomic E-state index is 12.0. The second-order valence-corrected chi connectivity index (χ2v) is 6.58. The van der Waals surface area contributed by atoms with E-state index >= 15 is 0 Å². The molecule has 0 radical (unpaired) electrons. The van der Waals surface area contributed by atoms with E-state index in [1.165, 1.54) is 0 Å². The average molecular weight is 308 g/mol. The van der Waals surface area contributed by atoms with Gasteiger partial charge in [0, 0.05) is 19.4 Å². The lowest BCUT2D eigenvalue weighted by Gasteiger charge is -2.16. The van der Waals surface area contributed by atoms with Crippen molar-refractivity contribution in [2.24, 2.45) is 5.92 Å². The van der Waals surface area contributed by atoms with Crippen molar-refractivity contribution in [3.8, 4) is 0 Å². The zero-order valence-electron chi connectivity index (χ0n) is 14.1. The number of ether oxygens (including phenoxy) is 1. The Morgan fingerprint density at radius 3 is 2.82 bits per heavy atom. The van der Waals surface area contributed by atoms with Gasteiger partial charge in [0.2, 0.25) is 5.91 Å². The highest BCUT2D eigenvalue weighted by Crippen LogP contribution is 2.18. The molecule has 1 aliphatic rings. The van der Waals surface area contributed by atoms with E-state index in [4.69, 9.17) is 4.74 Å². The fourth-order valence-corrected chi connectivity index (χ4v) is 2.96. The van der Waals surface area contributed by atoms with Crippen LogP contribution in [0.15, 0.2) is 0 Å². The number of amides is 1. The Hall–Kier alpha value is -1.43. The number of hydrogen-bond acceptors (Lipinski definition) is 4. The lowest BCUT2D eigenvalue weighted by Crippen LogP contribution is -2.29. The number of rotatable bonds is 8. The predicted molar refractivity (Wildman–Crippen MR) is 84.4 cm³/mol. The molecular weight excluding hydrogens is 280 g/mol. The van der Waals surface area contributed by atoms with Crippen LogP contribution in [0.1, 0.15) is 64.6 Å². The average Bonchev–Trinajstić information content (AvgIpc) is 2.99. The van der Waals surface area contributed by atoms with Gasteiger partial charge < -0.3 is 14.6 Å². The summed E-state index contributed by atoms with van der Waals surface area (Å²) in [7, 11) is 0. The van der Waals surface area contributed by atoms with Crippen molar-refractivity contribution in [3.63, 3.8) is 0 Å². The Kier molecular flexibility index (Phi) is 5.94. The quantitative estimate of drug-likeness (QED) is 0.799. The standard InChI is InChI=1S/C16H28N4O2/c1-11(2)10-12(3)22-9-7-15(21)17-13(4)16-19-18-14-6-5-8-20(14)16/h11-13H,5-10H2,1-4H3,(H,17,21)/t12-,13+/m1/s1. The van der Waals surface area contributed by atoms with Crippen LogP contribution >= 0.6 is 0 Å². The lowest BCUT2D eigenvalue weighted by molar-refractivity contribution is -0.123. The first-order chi connectivity index (χ1) is 10.5. The van der Waals surface area contributed by atoms with Gasteiger partial charge in [-0.25, -0.2) is 0 Å². The summed E-state index contributed by atoms with van der Waals surface area (Å²) < 4.78 is 7.79. The van der Waals surface area contributed by atoms with Gasteiger partial charge in [0.1, 0.15) is 5.82 Å². The molecule has 1 aromatic rings. The number of fused-ring (bicyclic) bond motifs is 1. The second kappa shape index (κ2) is 7.72. The number of aryl methyl sites for hydroxylation is 1. The summed E-state index contributed by atoms with van der Waals surface area (Å²) in [6.45, 7) is 9.77. The lowest BCUT2D eigenvalue weighted by atomic mass is 10.1. The van der Waals surface area contributed by atoms with E-state index in [2.05, 4.69) is 40.9 Å². The number of aromatic nitrogens is 3. The fraction of sp³-hybridized carbons (Fsp3) is 0.812. The fourth-order valence-electron chi connectivity index (χ4n) is 2.96. The SMILES string of the molecule is CC(C)C[C@@H](C)OCCC(=O)N[C@@H](C)c1nnc2n1CCC2. The Balaban J connectivity index is 1.72. The van der Waals surface area contributed by atoms with Crippen LogP contribution < -0.4 is 5.32 Å². The van der Waals surface area contributed by atoms with Crippen LogP contribution in [0.4, 0.5) is 0 Å². The highest BCUT2D eigenvalue weighted by atomic mass is 16.5. The van der Waals surface area contributed by atoms with Crippen molar-refractivity contribution in [3.05, 3.63) is 11.6 Å². The molecule has 6 heteroatoms. The zero-order chi connectivity index (χ0) is 16.1. The Labute approximate surface area is 132 Å². The Bertz CT molecular complexity index is 498. The van der Waals surface area contributed by atoms with Crippen molar-refractivity contribution < 1.29 is 9.53 Å². The predicted octanol–water partition coefficient (Wildman–Crippen LogP) is 2.24. The molecule has 22 heavy (non-hydrogen) atoms. The molecule has 2 heterocycles. The van der Waals surface area contributed by atoms with Crippen LogP contribution in [0.5, 0.6) is 0 Å². The summed E-state index contributed by atoms with van der Waals surface area (Å²) in [5.74, 6) is 2.50. The monoisotopic (exact) mass is 308 g/mol. The maximum Gasteiger partial charge on any atom is 0.222 e. The third kappa shape index (κ3) is 4.53. The number of carbonyl (C=O) groups excluding carboxylic acids is 1. The summed E-state index contributed by atoms with van der Waals surface area (Å²) >= 11 is 0. The molecule has 0 spiro atoms. The largest absolute Gasteiger partial charge is 0.378 e. The van der Waals surface area contributed by atoms with Crippen molar-refractivity contribution in [2.75, 3.05) is 6.61 Å². The van der Waals surface area contributed by atoms with Gasteiger partial charge in [-0.2, -0.15) is 0 Å². The van der Waals surface area contributed by atoms with E-state index in [1.54, 1.807) is 0 Å². The highest BCUT2D eigenvalue weighted by Gasteiger charge is 2.22. The molecule has 0 aromatic carbocycles. The maximum absolute atomic E-state index is 12.0. The number of hydrogen-bond donors (Lipinski definition) is 1. The Morgan fingerprint density at radius 1 is 1.32 bits per heavy atom. The van der Waals surface area contributed by atoms with Gasteiger partial charge in [-0.15, -0.1) is 10.2 Å². The molecule has 0 saturated heterocycles. The first-order valence-electron chi connectivity index (χ1n) is 8.30. The highest BCUT2D eigenvalue weighted by molar-refractivity contribution is 5.76. The van der Waals surface area contributed by atoms with E-state index in [1.807, 2.05) is 6.92 Å². The number of carbonyl (C=O) groups is 1. The molecule has 1 aromatic heterocycles. The van der Waals surface area contributed by atoms with Crippen molar-refractivity contribution in [1.29, 1.82) is 0 Å². The van der Waals surface area contributed by atoms with Gasteiger partial charge in [0.25, 0.3) is 0 Å². The van der Waals surface area contributed by atoms with Crippen molar-refractivity contribution >= 4 is 5.91 Å². The van der Waals surface area contributed by atoms with E-state index in [-0.39, 0.29) is 18.1 Å². The first-order valence-corrected chi connectivity index (χ1v) is 8.30. The van der Waals surface area contributed by atoms with Gasteiger partial charge in [-0.3, -0.25) is 4.79 Å². The third-order valence-corrected chi connectivity index (χ3v) is 3.94. The van der Waals surface area contributed by atoms with Gasteiger partial charge in [-0.1, -0.05) is 13.8 Å². The third-order valence-electron chi connectivity index (χ3n) is 3.94. The van der Waals surface area contributed by atoms with E-state index in [0.717, 1.165) is 37.5 Å². The van der Waals surface area contributed by atoms with Gasteiger partial charge in [-0.05, 0) is 32.6 Å². The molecule has 1 amide bonds. The molecule has 1 aliphatic heterocycles. The van der Waals surface area contributed by atoms with Crippen LogP contribution in [-0.4, -0.2) is 33.4 Å². The van der Waals surface area contributed by atoms with E-state index in [0.29, 0.717) is 18.9 Å². The molecule has 124 valence electrons. The molecule has 6 nitrogen and oxygen atoms in total. The minimum atomic E-state index is -0.111. The smallest absolute Gasteiger partial charge is 0.222 e. The second-order valence-electron chi connectivity index (χ2n) is 6.58. The molecule has 2 rings (SSSR count). The van der Waals surface area contributed by atoms with Crippen LogP contribution in [-0.2, 0) is 22.5 Å². The summed E-state index contributed by atoms with van der Waals surface area (Å²) in [5, 5.41) is 11.4. The summed E-state index contributed by atoms with van der Waals surface area (Å²) in [4.78, 5) is 12.0. The van der Waals surface area contributed by atoms with Crippen LogP contribution in [0.25, 0.3) is 0 Å². The molecule has 0 saturated carbocycles. The van der Waals surface area contributed by atoms with Crippen LogP contribution in [0, 0.1) is 5.92 Å². The molecule has 0 aliphatic carbocycles. The molecule has 0 fully saturated rings. The van der Waals surface area contributed by atoms with E-state index in [9.17, 15) is 4.79 Å². The summed E-state index contributed by atoms with van der Waals surface area (Å²) in [5.41, 5.74) is 0. The van der Waals surface area contributed by atoms with Crippen LogP contribution in [0.2, 0.25) is 0 Å². The van der Waals surface area contributed by atoms with Crippen LogP contribution in [0.3, 0.4) is 0 Å². The topological polar surface area (TPSA) is 69.0 Å². The van der Waals surface area contributed by atoms with Crippen molar-refractivity contribution in [1.82, 2.24) is 20.1 Å². The summed E-state index contributed by atoms with van der Waals surface area (Å²) in [6, 6.07) is -0.111. The van der Waals surface area contributed by atoms with Gasteiger partial charge in [0.05, 0.1) is 18.8 Å². The van der Waals surface area contributed by atoms with Gasteiger partial charge in [0.15, 0.2) is 5.82 Å². The first kappa shape index (κ1) is 16.9. The van der Waals surface area contributed by atoms with Gasteiger partial charge >= 0.3 is 0 Å². The number of nitrogens with zero attached hydrogens (tertiary/aromatic N) is 3. The molecule has 1 N–H and O–H groups in total. The Morgan fingerprint density at radius 2 is 2.09 bits per heavy atom. The molecule has 0 unspecified atom stereocenters. The minimum Gasteiger partial charge on any atom is -0.378 e. The van der Waals surface area contributed by atoms with Crippen molar-refractivity contribution in [2.45, 2.75) is 72.1 Å². The molecule has 0 bridgehead atoms.